The monoisotopic (exact) mass is 166 g/mol. The van der Waals surface area contributed by atoms with Gasteiger partial charge in [-0.05, 0) is 13.0 Å². The number of pyridine rings is 1. The molecule has 0 unspecified atom stereocenters. The van der Waals surface area contributed by atoms with E-state index < -0.39 is 5.91 Å². The van der Waals surface area contributed by atoms with Crippen LogP contribution >= 0.6 is 0 Å². The van der Waals surface area contributed by atoms with Gasteiger partial charge < -0.3 is 10.3 Å². The Morgan fingerprint density at radius 3 is 2.58 bits per heavy atom. The molecule has 0 aliphatic heterocycles. The van der Waals surface area contributed by atoms with Crippen LogP contribution < -0.4 is 11.3 Å². The molecule has 64 valence electrons. The van der Waals surface area contributed by atoms with Crippen molar-refractivity contribution < 1.29 is 4.79 Å². The summed E-state index contributed by atoms with van der Waals surface area (Å²) in [4.78, 5) is 21.8. The Balaban J connectivity index is 3.47. The molecule has 0 saturated heterocycles. The molecule has 0 aliphatic rings. The SMILES string of the molecule is Cc1c(C(N)=O)ccc(=O)n1C. The number of hydrogen-bond acceptors (Lipinski definition) is 2. The van der Waals surface area contributed by atoms with E-state index in [1.165, 1.54) is 16.7 Å². The molecule has 1 aromatic heterocycles. The molecule has 1 aromatic rings. The molecule has 1 amide bonds. The molecule has 0 bridgehead atoms. The van der Waals surface area contributed by atoms with E-state index in [1.54, 1.807) is 14.0 Å². The van der Waals surface area contributed by atoms with E-state index in [4.69, 9.17) is 5.73 Å². The van der Waals surface area contributed by atoms with Gasteiger partial charge >= 0.3 is 0 Å². The summed E-state index contributed by atoms with van der Waals surface area (Å²) in [5, 5.41) is 0. The second-order valence-corrected chi connectivity index (χ2v) is 2.59. The minimum absolute atomic E-state index is 0.141. The largest absolute Gasteiger partial charge is 0.366 e. The molecule has 4 heteroatoms. The van der Waals surface area contributed by atoms with Crippen molar-refractivity contribution >= 4 is 5.91 Å². The quantitative estimate of drug-likeness (QED) is 0.627. The van der Waals surface area contributed by atoms with Crippen LogP contribution in [0.2, 0.25) is 0 Å². The summed E-state index contributed by atoms with van der Waals surface area (Å²) in [6.45, 7) is 1.68. The first-order chi connectivity index (χ1) is 5.54. The van der Waals surface area contributed by atoms with Crippen LogP contribution in [0, 0.1) is 6.92 Å². The van der Waals surface area contributed by atoms with Gasteiger partial charge in [-0.25, -0.2) is 0 Å². The van der Waals surface area contributed by atoms with Crippen LogP contribution in [0.1, 0.15) is 16.1 Å². The fourth-order valence-electron chi connectivity index (χ4n) is 0.993. The number of aromatic nitrogens is 1. The smallest absolute Gasteiger partial charge is 0.250 e. The first-order valence-corrected chi connectivity index (χ1v) is 3.50. The summed E-state index contributed by atoms with van der Waals surface area (Å²) in [5.74, 6) is -0.511. The zero-order valence-electron chi connectivity index (χ0n) is 7.00. The molecule has 4 nitrogen and oxygen atoms in total. The van der Waals surface area contributed by atoms with Gasteiger partial charge in [0.2, 0.25) is 11.5 Å². The molecule has 0 aliphatic carbocycles. The second kappa shape index (κ2) is 2.81. The van der Waals surface area contributed by atoms with Gasteiger partial charge in [-0.15, -0.1) is 0 Å². The molecule has 0 fully saturated rings. The average molecular weight is 166 g/mol. The fourth-order valence-corrected chi connectivity index (χ4v) is 0.993. The van der Waals surface area contributed by atoms with E-state index in [2.05, 4.69) is 0 Å². The summed E-state index contributed by atoms with van der Waals surface area (Å²) in [5.41, 5.74) is 5.92. The van der Waals surface area contributed by atoms with E-state index in [9.17, 15) is 9.59 Å². The maximum Gasteiger partial charge on any atom is 0.250 e. The molecule has 0 spiro atoms. The molecule has 2 N–H and O–H groups in total. The highest BCUT2D eigenvalue weighted by Crippen LogP contribution is 2.01. The van der Waals surface area contributed by atoms with E-state index in [0.717, 1.165) is 0 Å². The lowest BCUT2D eigenvalue weighted by atomic mass is 10.2. The zero-order chi connectivity index (χ0) is 9.30. The van der Waals surface area contributed by atoms with Gasteiger partial charge in [-0.2, -0.15) is 0 Å². The number of nitrogens with two attached hydrogens (primary N) is 1. The topological polar surface area (TPSA) is 65.1 Å². The predicted molar refractivity (Wildman–Crippen MR) is 44.9 cm³/mol. The lowest BCUT2D eigenvalue weighted by Crippen LogP contribution is -2.23. The van der Waals surface area contributed by atoms with Gasteiger partial charge in [-0.1, -0.05) is 0 Å². The standard InChI is InChI=1S/C8H10N2O2/c1-5-6(8(9)12)3-4-7(11)10(5)2/h3-4H,1-2H3,(H2,9,12). The van der Waals surface area contributed by atoms with Crippen molar-refractivity contribution in [2.75, 3.05) is 0 Å². The third kappa shape index (κ3) is 1.23. The Labute approximate surface area is 69.6 Å². The molecule has 0 atom stereocenters. The maximum atomic E-state index is 11.0. The van der Waals surface area contributed by atoms with Crippen LogP contribution in [0.5, 0.6) is 0 Å². The van der Waals surface area contributed by atoms with E-state index in [-0.39, 0.29) is 5.56 Å². The van der Waals surface area contributed by atoms with Crippen molar-refractivity contribution in [1.29, 1.82) is 0 Å². The van der Waals surface area contributed by atoms with Gasteiger partial charge in [-0.3, -0.25) is 9.59 Å². The third-order valence-corrected chi connectivity index (χ3v) is 1.88. The highest BCUT2D eigenvalue weighted by molar-refractivity contribution is 5.93. The molecule has 12 heavy (non-hydrogen) atoms. The summed E-state index contributed by atoms with van der Waals surface area (Å²) in [6.07, 6.45) is 0. The molecular weight excluding hydrogens is 156 g/mol. The first kappa shape index (κ1) is 8.52. The van der Waals surface area contributed by atoms with Crippen molar-refractivity contribution in [3.63, 3.8) is 0 Å². The lowest BCUT2D eigenvalue weighted by Gasteiger charge is -2.05. The number of nitrogens with zero attached hydrogens (tertiary/aromatic N) is 1. The van der Waals surface area contributed by atoms with E-state index in [1.807, 2.05) is 0 Å². The van der Waals surface area contributed by atoms with Crippen LogP contribution in [-0.2, 0) is 7.05 Å². The Kier molecular flexibility index (Phi) is 1.99. The van der Waals surface area contributed by atoms with Gasteiger partial charge in [0.15, 0.2) is 0 Å². The predicted octanol–water partition coefficient (Wildman–Crippen LogP) is -0.207. The molecular formula is C8H10N2O2. The van der Waals surface area contributed by atoms with Gasteiger partial charge in [0.1, 0.15) is 0 Å². The average Bonchev–Trinajstić information content (AvgIpc) is 2.00. The number of carbonyl (C=O) groups excluding carboxylic acids is 1. The van der Waals surface area contributed by atoms with Gasteiger partial charge in [0.25, 0.3) is 0 Å². The van der Waals surface area contributed by atoms with Crippen molar-refractivity contribution in [2.24, 2.45) is 12.8 Å². The fraction of sp³-hybridized carbons (Fsp3) is 0.250. The highest BCUT2D eigenvalue weighted by Gasteiger charge is 2.06. The van der Waals surface area contributed by atoms with Gasteiger partial charge in [0, 0.05) is 18.8 Å². The summed E-state index contributed by atoms with van der Waals surface area (Å²) in [7, 11) is 1.60. The maximum absolute atomic E-state index is 11.0. The summed E-state index contributed by atoms with van der Waals surface area (Å²) < 4.78 is 1.39. The van der Waals surface area contributed by atoms with Crippen molar-refractivity contribution in [1.82, 2.24) is 4.57 Å². The number of rotatable bonds is 1. The van der Waals surface area contributed by atoms with Crippen LogP contribution in [0.3, 0.4) is 0 Å². The van der Waals surface area contributed by atoms with E-state index >= 15 is 0 Å². The van der Waals surface area contributed by atoms with Crippen LogP contribution in [-0.4, -0.2) is 10.5 Å². The molecule has 1 heterocycles. The van der Waals surface area contributed by atoms with Crippen molar-refractivity contribution in [2.45, 2.75) is 6.92 Å². The first-order valence-electron chi connectivity index (χ1n) is 3.50. The summed E-state index contributed by atoms with van der Waals surface area (Å²) >= 11 is 0. The number of primary amides is 1. The van der Waals surface area contributed by atoms with Crippen LogP contribution in [0.4, 0.5) is 0 Å². The Hall–Kier alpha value is -1.58. The second-order valence-electron chi connectivity index (χ2n) is 2.59. The summed E-state index contributed by atoms with van der Waals surface area (Å²) in [6, 6.07) is 2.77. The Morgan fingerprint density at radius 1 is 1.50 bits per heavy atom. The molecule has 0 radical (unpaired) electrons. The number of amides is 1. The van der Waals surface area contributed by atoms with Crippen molar-refractivity contribution in [3.05, 3.63) is 33.7 Å². The normalized spacial score (nSPS) is 9.83. The number of hydrogen-bond donors (Lipinski definition) is 1. The minimum Gasteiger partial charge on any atom is -0.366 e. The molecule has 1 rings (SSSR count). The molecule has 0 aromatic carbocycles. The van der Waals surface area contributed by atoms with Crippen molar-refractivity contribution in [3.8, 4) is 0 Å². The third-order valence-electron chi connectivity index (χ3n) is 1.88. The van der Waals surface area contributed by atoms with Crippen LogP contribution in [0.25, 0.3) is 0 Å². The lowest BCUT2D eigenvalue weighted by molar-refractivity contribution is 0.0999. The highest BCUT2D eigenvalue weighted by atomic mass is 16.1. The van der Waals surface area contributed by atoms with Gasteiger partial charge in [0.05, 0.1) is 5.56 Å². The molecule has 0 saturated carbocycles. The van der Waals surface area contributed by atoms with Crippen LogP contribution in [0.15, 0.2) is 16.9 Å². The zero-order valence-corrected chi connectivity index (χ0v) is 7.00. The van der Waals surface area contributed by atoms with E-state index in [0.29, 0.717) is 11.3 Å². The Bertz CT molecular complexity index is 379. The number of carbonyl (C=O) groups is 1. The Morgan fingerprint density at radius 2 is 2.08 bits per heavy atom. The minimum atomic E-state index is -0.511.